The van der Waals surface area contributed by atoms with Gasteiger partial charge in [-0.25, -0.2) is 14.4 Å². The third-order valence-electron chi connectivity index (χ3n) is 3.52. The molecule has 0 aliphatic heterocycles. The van der Waals surface area contributed by atoms with Gasteiger partial charge in [-0.15, -0.1) is 11.6 Å². The molecule has 2 heterocycles. The van der Waals surface area contributed by atoms with E-state index in [1.54, 1.807) is 12.3 Å². The summed E-state index contributed by atoms with van der Waals surface area (Å²) < 4.78 is 17.5. The Balaban J connectivity index is 1.71. The minimum atomic E-state index is -0.247. The van der Waals surface area contributed by atoms with Gasteiger partial charge in [0.1, 0.15) is 11.6 Å². The van der Waals surface area contributed by atoms with Crippen molar-refractivity contribution in [2.24, 2.45) is 0 Å². The second-order valence-electron chi connectivity index (χ2n) is 4.95. The highest BCUT2D eigenvalue weighted by molar-refractivity contribution is 6.16. The molecule has 0 spiro atoms. The maximum absolute atomic E-state index is 13.4. The average molecular weight is 307 g/mol. The molecule has 3 aromatic rings. The van der Waals surface area contributed by atoms with Crippen molar-refractivity contribution in [3.05, 3.63) is 48.6 Å². The summed E-state index contributed by atoms with van der Waals surface area (Å²) in [5.41, 5.74) is 1.61. The summed E-state index contributed by atoms with van der Waals surface area (Å²) in [6, 6.07) is 4.65. The monoisotopic (exact) mass is 306 g/mol. The van der Waals surface area contributed by atoms with Crippen LogP contribution in [0.2, 0.25) is 0 Å². The molecule has 0 atom stereocenters. The molecule has 1 aromatic carbocycles. The number of nitrogens with zero attached hydrogens (tertiary/aromatic N) is 4. The molecule has 0 unspecified atom stereocenters. The minimum Gasteiger partial charge on any atom is -0.337 e. The van der Waals surface area contributed by atoms with E-state index in [0.717, 1.165) is 42.8 Å². The number of aryl methyl sites for hydroxylation is 2. The Morgan fingerprint density at radius 2 is 2.05 bits per heavy atom. The number of hydrogen-bond acceptors (Lipinski definition) is 2. The lowest BCUT2D eigenvalue weighted by Gasteiger charge is -2.08. The summed E-state index contributed by atoms with van der Waals surface area (Å²) in [5, 5.41) is 0. The normalized spacial score (nSPS) is 11.3. The predicted molar refractivity (Wildman–Crippen MR) is 80.7 cm³/mol. The molecule has 0 aliphatic carbocycles. The summed E-state index contributed by atoms with van der Waals surface area (Å²) >= 11 is 5.95. The van der Waals surface area contributed by atoms with E-state index in [0.29, 0.717) is 5.88 Å². The SMILES string of the molecule is Fc1ccc2nc(CCl)n(CCCCn3ccnc3)c2c1. The van der Waals surface area contributed by atoms with Gasteiger partial charge < -0.3 is 9.13 Å². The number of benzene rings is 1. The molecule has 0 bridgehead atoms. The van der Waals surface area contributed by atoms with E-state index in [1.807, 2.05) is 21.7 Å². The highest BCUT2D eigenvalue weighted by Gasteiger charge is 2.10. The first-order valence-corrected chi connectivity index (χ1v) is 7.48. The van der Waals surface area contributed by atoms with E-state index in [-0.39, 0.29) is 5.82 Å². The molecular weight excluding hydrogens is 291 g/mol. The van der Waals surface area contributed by atoms with Gasteiger partial charge in [-0.05, 0) is 31.0 Å². The second-order valence-corrected chi connectivity index (χ2v) is 5.22. The van der Waals surface area contributed by atoms with E-state index < -0.39 is 0 Å². The zero-order chi connectivity index (χ0) is 14.7. The lowest BCUT2D eigenvalue weighted by atomic mass is 10.2. The van der Waals surface area contributed by atoms with Crippen LogP contribution < -0.4 is 0 Å². The molecule has 0 amide bonds. The molecular formula is C15H16ClFN4. The van der Waals surface area contributed by atoms with Gasteiger partial charge in [0.25, 0.3) is 0 Å². The van der Waals surface area contributed by atoms with Gasteiger partial charge in [-0.2, -0.15) is 0 Å². The Morgan fingerprint density at radius 1 is 1.19 bits per heavy atom. The number of unbranched alkanes of at least 4 members (excludes halogenated alkanes) is 1. The number of alkyl halides is 1. The Bertz CT molecular complexity index is 721. The van der Waals surface area contributed by atoms with Crippen molar-refractivity contribution in [2.75, 3.05) is 0 Å². The topological polar surface area (TPSA) is 35.6 Å². The van der Waals surface area contributed by atoms with Crippen molar-refractivity contribution >= 4 is 22.6 Å². The number of rotatable bonds is 6. The van der Waals surface area contributed by atoms with Crippen molar-refractivity contribution in [3.8, 4) is 0 Å². The van der Waals surface area contributed by atoms with E-state index in [4.69, 9.17) is 11.6 Å². The first-order valence-electron chi connectivity index (χ1n) is 6.94. The van der Waals surface area contributed by atoms with E-state index in [1.165, 1.54) is 12.1 Å². The summed E-state index contributed by atoms with van der Waals surface area (Å²) in [5.74, 6) is 0.876. The molecule has 0 saturated carbocycles. The fraction of sp³-hybridized carbons (Fsp3) is 0.333. The molecule has 0 N–H and O–H groups in total. The average Bonchev–Trinajstić information content (AvgIpc) is 3.11. The molecule has 0 fully saturated rings. The molecule has 4 nitrogen and oxygen atoms in total. The van der Waals surface area contributed by atoms with Crippen molar-refractivity contribution in [1.29, 1.82) is 0 Å². The fourth-order valence-corrected chi connectivity index (χ4v) is 2.68. The number of imidazole rings is 2. The van der Waals surface area contributed by atoms with E-state index in [2.05, 4.69) is 9.97 Å². The van der Waals surface area contributed by atoms with Crippen LogP contribution >= 0.6 is 11.6 Å². The van der Waals surface area contributed by atoms with Crippen LogP contribution in [0.1, 0.15) is 18.7 Å². The first kappa shape index (κ1) is 14.1. The Morgan fingerprint density at radius 3 is 2.81 bits per heavy atom. The van der Waals surface area contributed by atoms with Crippen LogP contribution in [0, 0.1) is 5.82 Å². The zero-order valence-electron chi connectivity index (χ0n) is 11.5. The lowest BCUT2D eigenvalue weighted by Crippen LogP contribution is -2.04. The number of halogens is 2. The summed E-state index contributed by atoms with van der Waals surface area (Å²) in [6.07, 6.45) is 7.53. The number of aromatic nitrogens is 4. The summed E-state index contributed by atoms with van der Waals surface area (Å²) in [4.78, 5) is 8.47. The van der Waals surface area contributed by atoms with Gasteiger partial charge in [0.2, 0.25) is 0 Å². The second kappa shape index (κ2) is 6.26. The fourth-order valence-electron chi connectivity index (χ4n) is 2.48. The van der Waals surface area contributed by atoms with Crippen molar-refractivity contribution in [1.82, 2.24) is 19.1 Å². The Hall–Kier alpha value is -1.88. The quantitative estimate of drug-likeness (QED) is 0.515. The third kappa shape index (κ3) is 3.08. The van der Waals surface area contributed by atoms with Crippen LogP contribution in [0.15, 0.2) is 36.9 Å². The lowest BCUT2D eigenvalue weighted by molar-refractivity contribution is 0.551. The van der Waals surface area contributed by atoms with Gasteiger partial charge >= 0.3 is 0 Å². The van der Waals surface area contributed by atoms with Crippen LogP contribution in [-0.2, 0) is 19.0 Å². The zero-order valence-corrected chi connectivity index (χ0v) is 12.3. The molecule has 0 radical (unpaired) electrons. The van der Waals surface area contributed by atoms with Crippen molar-refractivity contribution in [2.45, 2.75) is 31.8 Å². The van der Waals surface area contributed by atoms with Crippen LogP contribution in [0.4, 0.5) is 4.39 Å². The molecule has 0 saturated heterocycles. The van der Waals surface area contributed by atoms with Crippen LogP contribution in [0.25, 0.3) is 11.0 Å². The molecule has 0 aliphatic rings. The predicted octanol–water partition coefficient (Wildman–Crippen LogP) is 3.59. The van der Waals surface area contributed by atoms with Crippen LogP contribution in [0.5, 0.6) is 0 Å². The van der Waals surface area contributed by atoms with Crippen LogP contribution in [-0.4, -0.2) is 19.1 Å². The van der Waals surface area contributed by atoms with E-state index in [9.17, 15) is 4.39 Å². The molecule has 6 heteroatoms. The minimum absolute atomic E-state index is 0.247. The maximum Gasteiger partial charge on any atom is 0.125 e. The highest BCUT2D eigenvalue weighted by atomic mass is 35.5. The third-order valence-corrected chi connectivity index (χ3v) is 3.76. The Labute approximate surface area is 127 Å². The van der Waals surface area contributed by atoms with Gasteiger partial charge in [0.05, 0.1) is 23.2 Å². The highest BCUT2D eigenvalue weighted by Crippen LogP contribution is 2.19. The van der Waals surface area contributed by atoms with Gasteiger partial charge in [-0.1, -0.05) is 0 Å². The standard InChI is InChI=1S/C15H16ClFN4/c16-10-15-19-13-4-3-12(17)9-14(13)21(15)7-2-1-6-20-8-5-18-11-20/h3-5,8-9,11H,1-2,6-7,10H2. The van der Waals surface area contributed by atoms with Gasteiger partial charge in [0.15, 0.2) is 0 Å². The molecule has 3 rings (SSSR count). The number of fused-ring (bicyclic) bond motifs is 1. The molecule has 2 aromatic heterocycles. The van der Waals surface area contributed by atoms with Gasteiger partial charge in [0, 0.05) is 25.5 Å². The van der Waals surface area contributed by atoms with Crippen LogP contribution in [0.3, 0.4) is 0 Å². The first-order chi connectivity index (χ1) is 10.3. The Kier molecular flexibility index (Phi) is 4.20. The van der Waals surface area contributed by atoms with Crippen molar-refractivity contribution < 1.29 is 4.39 Å². The number of hydrogen-bond donors (Lipinski definition) is 0. The maximum atomic E-state index is 13.4. The molecule has 110 valence electrons. The summed E-state index contributed by atoms with van der Waals surface area (Å²) in [6.45, 7) is 1.72. The summed E-state index contributed by atoms with van der Waals surface area (Å²) in [7, 11) is 0. The van der Waals surface area contributed by atoms with Gasteiger partial charge in [-0.3, -0.25) is 0 Å². The molecule has 21 heavy (non-hydrogen) atoms. The smallest absolute Gasteiger partial charge is 0.125 e. The van der Waals surface area contributed by atoms with Crippen molar-refractivity contribution in [3.63, 3.8) is 0 Å². The van der Waals surface area contributed by atoms with E-state index >= 15 is 0 Å². The largest absolute Gasteiger partial charge is 0.337 e.